The van der Waals surface area contributed by atoms with Crippen molar-refractivity contribution in [2.75, 3.05) is 32.8 Å². The lowest BCUT2D eigenvalue weighted by Crippen LogP contribution is -2.35. The van der Waals surface area contributed by atoms with Gasteiger partial charge in [-0.3, -0.25) is 4.79 Å². The Balaban J connectivity index is 0.000000167. The average Bonchev–Trinajstić information content (AvgIpc) is 3.66. The van der Waals surface area contributed by atoms with E-state index in [0.29, 0.717) is 12.2 Å². The molecule has 1 N–H and O–H groups in total. The van der Waals surface area contributed by atoms with Gasteiger partial charge in [-0.25, -0.2) is 4.79 Å². The van der Waals surface area contributed by atoms with Gasteiger partial charge in [0.15, 0.2) is 0 Å². The van der Waals surface area contributed by atoms with Gasteiger partial charge < -0.3 is 15.0 Å². The van der Waals surface area contributed by atoms with E-state index in [1.807, 2.05) is 65.6 Å². The summed E-state index contributed by atoms with van der Waals surface area (Å²) in [5.74, 6) is -0.118. The number of ether oxygens (including phenoxy) is 1. The maximum Gasteiger partial charge on any atom is 0.340 e. The first-order valence-electron chi connectivity index (χ1n) is 14.8. The van der Waals surface area contributed by atoms with Gasteiger partial charge in [-0.05, 0) is 107 Å². The highest BCUT2D eigenvalue weighted by atomic mass is 79.9. The first kappa shape index (κ1) is 33.6. The van der Waals surface area contributed by atoms with Crippen LogP contribution in [0.2, 0.25) is 0 Å². The Morgan fingerprint density at radius 1 is 0.744 bits per heavy atom. The number of amides is 1. The molecule has 4 heterocycles. The number of rotatable bonds is 5. The van der Waals surface area contributed by atoms with Gasteiger partial charge in [-0.1, -0.05) is 67.1 Å². The first-order valence-corrected chi connectivity index (χ1v) is 18.1. The largest absolute Gasteiger partial charge is 0.462 e. The predicted octanol–water partition coefficient (Wildman–Crippen LogP) is 9.92. The molecule has 2 fully saturated rings. The molecule has 0 radical (unpaired) electrons. The van der Waals surface area contributed by atoms with Crippen molar-refractivity contribution in [2.45, 2.75) is 45.4 Å². The Hall–Kier alpha value is -2.30. The Labute approximate surface area is 279 Å². The van der Waals surface area contributed by atoms with Crippen molar-refractivity contribution in [3.05, 3.63) is 91.5 Å². The Morgan fingerprint density at radius 2 is 1.23 bits per heavy atom. The molecule has 2 aromatic heterocycles. The molecule has 6 rings (SSSR count). The minimum atomic E-state index is -0.280. The summed E-state index contributed by atoms with van der Waals surface area (Å²) < 4.78 is 6.75. The molecule has 0 saturated carbocycles. The van der Waals surface area contributed by atoms with E-state index in [4.69, 9.17) is 4.74 Å². The van der Waals surface area contributed by atoms with Gasteiger partial charge in [0.2, 0.25) is 0 Å². The fourth-order valence-electron chi connectivity index (χ4n) is 4.79. The molecule has 9 heteroatoms. The minimum Gasteiger partial charge on any atom is -0.462 e. The zero-order valence-electron chi connectivity index (χ0n) is 24.5. The molecular weight excluding hydrogens is 708 g/mol. The van der Waals surface area contributed by atoms with Gasteiger partial charge in [-0.15, -0.1) is 22.7 Å². The van der Waals surface area contributed by atoms with Crippen LogP contribution in [-0.4, -0.2) is 49.6 Å². The number of nitrogens with one attached hydrogen (secondary N) is 1. The number of piperidine rings is 2. The molecule has 0 atom stereocenters. The summed E-state index contributed by atoms with van der Waals surface area (Å²) in [6.07, 6.45) is 7.70. The van der Waals surface area contributed by atoms with Crippen molar-refractivity contribution < 1.29 is 14.3 Å². The Bertz CT molecular complexity index is 1420. The fourth-order valence-corrected chi connectivity index (χ4v) is 8.15. The maximum absolute atomic E-state index is 12.6. The van der Waals surface area contributed by atoms with Crippen molar-refractivity contribution >= 4 is 66.4 Å². The van der Waals surface area contributed by atoms with Gasteiger partial charge in [0.1, 0.15) is 0 Å². The molecule has 2 aliphatic rings. The first-order chi connectivity index (χ1) is 21.0. The van der Waals surface area contributed by atoms with E-state index >= 15 is 0 Å². The van der Waals surface area contributed by atoms with Crippen LogP contribution in [0.5, 0.6) is 0 Å². The fraction of sp³-hybridized carbons (Fsp3) is 0.353. The van der Waals surface area contributed by atoms with E-state index in [1.54, 1.807) is 18.3 Å². The summed E-state index contributed by atoms with van der Waals surface area (Å²) in [6, 6.07) is 24.1. The number of halogens is 2. The van der Waals surface area contributed by atoms with Crippen molar-refractivity contribution in [3.63, 3.8) is 0 Å². The highest BCUT2D eigenvalue weighted by Gasteiger charge is 2.22. The number of thiophene rings is 2. The molecule has 1 amide bonds. The lowest BCUT2D eigenvalue weighted by molar-refractivity contribution is 0.0525. The third-order valence-corrected chi connectivity index (χ3v) is 10.8. The molecule has 5 nitrogen and oxygen atoms in total. The topological polar surface area (TPSA) is 58.6 Å². The van der Waals surface area contributed by atoms with Gasteiger partial charge in [0.05, 0.1) is 25.3 Å². The number of likely N-dealkylation sites (tertiary alicyclic amines) is 1. The van der Waals surface area contributed by atoms with Crippen LogP contribution in [0.15, 0.2) is 80.4 Å². The monoisotopic (exact) mass is 744 g/mol. The van der Waals surface area contributed by atoms with Crippen molar-refractivity contribution in [2.24, 2.45) is 0 Å². The maximum atomic E-state index is 12.6. The normalized spacial score (nSPS) is 14.5. The van der Waals surface area contributed by atoms with Crippen LogP contribution in [0, 0.1) is 0 Å². The van der Waals surface area contributed by atoms with Crippen molar-refractivity contribution in [3.8, 4) is 20.9 Å². The van der Waals surface area contributed by atoms with Crippen LogP contribution in [0.3, 0.4) is 0 Å². The second-order valence-corrected chi connectivity index (χ2v) is 15.0. The van der Waals surface area contributed by atoms with Crippen LogP contribution >= 0.6 is 54.5 Å². The van der Waals surface area contributed by atoms with E-state index in [2.05, 4.69) is 49.3 Å². The van der Waals surface area contributed by atoms with E-state index in [1.165, 1.54) is 50.1 Å². The van der Waals surface area contributed by atoms with Crippen molar-refractivity contribution in [1.82, 2.24) is 10.2 Å². The molecular formula is C34H38Br2N2O3S2. The number of hydrogen-bond donors (Lipinski definition) is 1. The number of hydrogen-bond acceptors (Lipinski definition) is 6. The summed E-state index contributed by atoms with van der Waals surface area (Å²) in [7, 11) is 0. The third-order valence-electron chi connectivity index (χ3n) is 7.07. The lowest BCUT2D eigenvalue weighted by Gasteiger charge is -2.26. The number of esters is 1. The van der Waals surface area contributed by atoms with Crippen LogP contribution in [-0.2, 0) is 4.74 Å². The number of nitrogens with zero attached hydrogens (tertiary/aromatic N) is 1. The molecule has 0 unspecified atom stereocenters. The molecule has 43 heavy (non-hydrogen) atoms. The quantitative estimate of drug-likeness (QED) is 0.207. The molecule has 2 aromatic carbocycles. The number of carbonyl (C=O) groups is 2. The second-order valence-electron chi connectivity index (χ2n) is 10.2. The number of carbonyl (C=O) groups excluding carboxylic acids is 2. The SMILES string of the molecule is C1CCNCC1.CCOC(=O)c1cc(-c2ccccc2)sc1Br.O=C(c1cc(-c2ccccc2)sc1Br)N1CCCCC1. The van der Waals surface area contributed by atoms with Gasteiger partial charge >= 0.3 is 5.97 Å². The summed E-state index contributed by atoms with van der Waals surface area (Å²) in [5.41, 5.74) is 3.66. The highest BCUT2D eigenvalue weighted by Crippen LogP contribution is 2.37. The summed E-state index contributed by atoms with van der Waals surface area (Å²) in [5, 5.41) is 3.28. The molecule has 2 saturated heterocycles. The molecule has 228 valence electrons. The molecule has 0 aliphatic carbocycles. The average molecular weight is 747 g/mol. The second kappa shape index (κ2) is 17.9. The zero-order valence-corrected chi connectivity index (χ0v) is 29.3. The zero-order chi connectivity index (χ0) is 30.4. The molecule has 2 aliphatic heterocycles. The predicted molar refractivity (Wildman–Crippen MR) is 187 cm³/mol. The molecule has 0 bridgehead atoms. The van der Waals surface area contributed by atoms with Gasteiger partial charge in [0.25, 0.3) is 5.91 Å². The summed E-state index contributed by atoms with van der Waals surface area (Å²) >= 11 is 10.1. The summed E-state index contributed by atoms with van der Waals surface area (Å²) in [6.45, 7) is 6.47. The van der Waals surface area contributed by atoms with E-state index in [0.717, 1.165) is 59.9 Å². The van der Waals surface area contributed by atoms with Crippen LogP contribution in [0.4, 0.5) is 0 Å². The van der Waals surface area contributed by atoms with Gasteiger partial charge in [0, 0.05) is 22.8 Å². The summed E-state index contributed by atoms with van der Waals surface area (Å²) in [4.78, 5) is 28.4. The van der Waals surface area contributed by atoms with E-state index in [-0.39, 0.29) is 11.9 Å². The van der Waals surface area contributed by atoms with Gasteiger partial charge in [-0.2, -0.15) is 0 Å². The number of benzene rings is 2. The Kier molecular flexibility index (Phi) is 14.0. The highest BCUT2D eigenvalue weighted by molar-refractivity contribution is 9.11. The smallest absolute Gasteiger partial charge is 0.340 e. The van der Waals surface area contributed by atoms with E-state index < -0.39 is 0 Å². The Morgan fingerprint density at radius 3 is 1.70 bits per heavy atom. The lowest BCUT2D eigenvalue weighted by atomic mass is 10.1. The van der Waals surface area contributed by atoms with Crippen molar-refractivity contribution in [1.29, 1.82) is 0 Å². The standard InChI is InChI=1S/C16H16BrNOS.C13H11BrO2S.C5H11N/c17-15-13(16(19)18-9-5-2-6-10-18)11-14(20-15)12-7-3-1-4-8-12;1-2-16-13(15)10-8-11(17-12(10)14)9-6-4-3-5-7-9;1-2-4-6-5-3-1/h1,3-4,7-8,11H,2,5-6,9-10H2;3-8H,2H2,1H3;6H,1-5H2. The van der Waals surface area contributed by atoms with E-state index in [9.17, 15) is 9.59 Å². The minimum absolute atomic E-state index is 0.162. The molecule has 4 aromatic rings. The van der Waals surface area contributed by atoms with Crippen LogP contribution in [0.25, 0.3) is 20.9 Å². The van der Waals surface area contributed by atoms with Crippen LogP contribution in [0.1, 0.15) is 66.2 Å². The molecule has 0 spiro atoms. The third kappa shape index (κ3) is 10.1. The van der Waals surface area contributed by atoms with Crippen LogP contribution < -0.4 is 5.32 Å².